The molecule has 0 amide bonds. The molecule has 0 radical (unpaired) electrons. The number of fused-ring (bicyclic) bond motifs is 2. The first-order valence-corrected chi connectivity index (χ1v) is 6.27. The van der Waals surface area contributed by atoms with Crippen molar-refractivity contribution in [2.45, 2.75) is 23.9 Å². The van der Waals surface area contributed by atoms with Gasteiger partial charge in [-0.25, -0.2) is 0 Å². The number of piperidine rings is 1. The molecule has 0 aromatic carbocycles. The van der Waals surface area contributed by atoms with Gasteiger partial charge < -0.3 is 9.84 Å². The maximum absolute atomic E-state index is 11.5. The first-order chi connectivity index (χ1) is 9.40. The molecule has 0 unspecified atom stereocenters. The molecule has 9 heteroatoms. The summed E-state index contributed by atoms with van der Waals surface area (Å²) >= 11 is 0. The molecule has 2 rings (SSSR count). The SMILES string of the molecule is COC1=CC[C@@]2([N+](=O)[O-])CN(CCO)C[C@]1([N+](=O)[O-])C2. The Balaban J connectivity index is 2.49. The summed E-state index contributed by atoms with van der Waals surface area (Å²) < 4.78 is 5.10. The van der Waals surface area contributed by atoms with Gasteiger partial charge >= 0.3 is 0 Å². The van der Waals surface area contributed by atoms with Crippen LogP contribution in [0.4, 0.5) is 0 Å². The first-order valence-electron chi connectivity index (χ1n) is 6.27. The average Bonchev–Trinajstić information content (AvgIpc) is 2.38. The topological polar surface area (TPSA) is 119 Å². The zero-order valence-corrected chi connectivity index (χ0v) is 11.2. The summed E-state index contributed by atoms with van der Waals surface area (Å²) in [5.74, 6) is 0.169. The summed E-state index contributed by atoms with van der Waals surface area (Å²) in [5, 5.41) is 32.0. The molecule has 20 heavy (non-hydrogen) atoms. The van der Waals surface area contributed by atoms with Crippen LogP contribution < -0.4 is 0 Å². The molecule has 2 atom stereocenters. The maximum atomic E-state index is 11.5. The van der Waals surface area contributed by atoms with Crippen LogP contribution in [0.2, 0.25) is 0 Å². The van der Waals surface area contributed by atoms with Crippen LogP contribution in [0.15, 0.2) is 11.8 Å². The van der Waals surface area contributed by atoms with Gasteiger partial charge in [0.1, 0.15) is 0 Å². The van der Waals surface area contributed by atoms with Crippen LogP contribution in [0, 0.1) is 20.2 Å². The smallest absolute Gasteiger partial charge is 0.296 e. The van der Waals surface area contributed by atoms with Crippen molar-refractivity contribution in [3.8, 4) is 0 Å². The summed E-state index contributed by atoms with van der Waals surface area (Å²) in [5.41, 5.74) is -2.99. The van der Waals surface area contributed by atoms with Gasteiger partial charge in [0.2, 0.25) is 5.54 Å². The van der Waals surface area contributed by atoms with E-state index in [1.165, 1.54) is 13.2 Å². The van der Waals surface area contributed by atoms with Gasteiger partial charge in [-0.2, -0.15) is 0 Å². The van der Waals surface area contributed by atoms with Crippen molar-refractivity contribution in [3.63, 3.8) is 0 Å². The molecule has 1 heterocycles. The highest BCUT2D eigenvalue weighted by Crippen LogP contribution is 2.44. The lowest BCUT2D eigenvalue weighted by Gasteiger charge is -2.45. The number of nitrogens with zero attached hydrogens (tertiary/aromatic N) is 3. The zero-order valence-electron chi connectivity index (χ0n) is 11.2. The minimum absolute atomic E-state index is 0.00975. The minimum atomic E-state index is -1.60. The van der Waals surface area contributed by atoms with Crippen molar-refractivity contribution < 1.29 is 19.7 Å². The number of methoxy groups -OCH3 is 1. The van der Waals surface area contributed by atoms with E-state index < -0.39 is 20.9 Å². The fourth-order valence-electron chi connectivity index (χ4n) is 3.25. The van der Waals surface area contributed by atoms with Crippen molar-refractivity contribution in [1.29, 1.82) is 0 Å². The van der Waals surface area contributed by atoms with Gasteiger partial charge in [0.15, 0.2) is 5.76 Å². The second-order valence-electron chi connectivity index (χ2n) is 5.36. The molecule has 9 nitrogen and oxygen atoms in total. The second kappa shape index (κ2) is 4.98. The standard InChI is InChI=1S/C11H17N3O6/c1-20-9-2-3-10(13(16)17)6-11(9,14(18)19)8-12(7-10)4-5-15/h2,15H,3-8H2,1H3/t10-,11+/m0/s1. The average molecular weight is 287 g/mol. The highest BCUT2D eigenvalue weighted by molar-refractivity contribution is 5.23. The number of aliphatic hydroxyl groups excluding tert-OH is 1. The Kier molecular flexibility index (Phi) is 3.65. The van der Waals surface area contributed by atoms with Gasteiger partial charge in [-0.15, -0.1) is 0 Å². The monoisotopic (exact) mass is 287 g/mol. The number of β-amino-alcohol motifs (C(OH)–C–C–N with tert-alkyl or cyclic N) is 1. The van der Waals surface area contributed by atoms with E-state index in [9.17, 15) is 20.2 Å². The van der Waals surface area contributed by atoms with Gasteiger partial charge in [-0.05, 0) is 6.08 Å². The highest BCUT2D eigenvalue weighted by Gasteiger charge is 2.66. The largest absolute Gasteiger partial charge is 0.494 e. The molecule has 1 N–H and O–H groups in total. The molecular formula is C11H17N3O6. The third kappa shape index (κ3) is 2.02. The second-order valence-corrected chi connectivity index (χ2v) is 5.36. The quantitative estimate of drug-likeness (QED) is 0.542. The lowest BCUT2D eigenvalue weighted by molar-refractivity contribution is -0.624. The third-order valence-corrected chi connectivity index (χ3v) is 4.12. The molecule has 0 aromatic rings. The zero-order chi connectivity index (χ0) is 15.0. The van der Waals surface area contributed by atoms with E-state index in [4.69, 9.17) is 9.84 Å². The van der Waals surface area contributed by atoms with Crippen molar-refractivity contribution in [3.05, 3.63) is 32.1 Å². The van der Waals surface area contributed by atoms with Gasteiger partial charge in [0, 0.05) is 22.8 Å². The van der Waals surface area contributed by atoms with Gasteiger partial charge in [0.05, 0.1) is 33.2 Å². The Hall–Kier alpha value is -1.74. The number of ether oxygens (including phenoxy) is 1. The number of hydrogen-bond acceptors (Lipinski definition) is 7. The fraction of sp³-hybridized carbons (Fsp3) is 0.818. The molecule has 0 spiro atoms. The molecule has 2 bridgehead atoms. The molecule has 1 aliphatic heterocycles. The van der Waals surface area contributed by atoms with Crippen molar-refractivity contribution in [2.75, 3.05) is 33.4 Å². The predicted octanol–water partition coefficient (Wildman–Crippen LogP) is -0.351. The first kappa shape index (κ1) is 14.7. The summed E-state index contributed by atoms with van der Waals surface area (Å²) in [6.07, 6.45) is 1.38. The van der Waals surface area contributed by atoms with Crippen LogP contribution in [-0.2, 0) is 4.74 Å². The van der Waals surface area contributed by atoms with Gasteiger partial charge in [-0.3, -0.25) is 25.1 Å². The Morgan fingerprint density at radius 2 is 2.10 bits per heavy atom. The van der Waals surface area contributed by atoms with Crippen LogP contribution in [0.3, 0.4) is 0 Å². The summed E-state index contributed by atoms with van der Waals surface area (Å²) in [4.78, 5) is 23.6. The van der Waals surface area contributed by atoms with Crippen molar-refractivity contribution >= 4 is 0 Å². The number of likely N-dealkylation sites (tertiary alicyclic amines) is 1. The Morgan fingerprint density at radius 3 is 2.60 bits per heavy atom. The van der Waals surface area contributed by atoms with E-state index in [-0.39, 0.29) is 44.8 Å². The Morgan fingerprint density at radius 1 is 1.40 bits per heavy atom. The van der Waals surface area contributed by atoms with Crippen LogP contribution in [-0.4, -0.2) is 64.3 Å². The molecule has 1 fully saturated rings. The predicted molar refractivity (Wildman–Crippen MR) is 67.3 cm³/mol. The minimum Gasteiger partial charge on any atom is -0.494 e. The van der Waals surface area contributed by atoms with E-state index in [1.807, 2.05) is 0 Å². The van der Waals surface area contributed by atoms with Crippen molar-refractivity contribution in [2.24, 2.45) is 0 Å². The van der Waals surface area contributed by atoms with Crippen LogP contribution in [0.1, 0.15) is 12.8 Å². The maximum Gasteiger partial charge on any atom is 0.296 e. The number of hydrogen-bond donors (Lipinski definition) is 1. The number of nitro groups is 2. The molecule has 0 aromatic heterocycles. The molecular weight excluding hydrogens is 270 g/mol. The third-order valence-electron chi connectivity index (χ3n) is 4.12. The van der Waals surface area contributed by atoms with E-state index in [2.05, 4.69) is 0 Å². The van der Waals surface area contributed by atoms with Crippen LogP contribution >= 0.6 is 0 Å². The fourth-order valence-corrected chi connectivity index (χ4v) is 3.25. The van der Waals surface area contributed by atoms with Gasteiger partial charge in [0.25, 0.3) is 5.54 Å². The van der Waals surface area contributed by atoms with E-state index in [0.29, 0.717) is 0 Å². The molecule has 0 saturated carbocycles. The molecule has 2 aliphatic rings. The molecule has 1 saturated heterocycles. The lowest BCUT2D eigenvalue weighted by Crippen LogP contribution is -2.67. The normalized spacial score (nSPS) is 33.4. The molecule has 1 aliphatic carbocycles. The summed E-state index contributed by atoms with van der Waals surface area (Å²) in [7, 11) is 1.33. The van der Waals surface area contributed by atoms with Crippen LogP contribution in [0.5, 0.6) is 0 Å². The molecule has 112 valence electrons. The number of aliphatic hydroxyl groups is 1. The summed E-state index contributed by atoms with van der Waals surface area (Å²) in [6.45, 7) is 0.0786. The Labute approximate surface area is 115 Å². The van der Waals surface area contributed by atoms with E-state index >= 15 is 0 Å². The van der Waals surface area contributed by atoms with E-state index in [0.717, 1.165) is 0 Å². The van der Waals surface area contributed by atoms with Gasteiger partial charge in [-0.1, -0.05) is 0 Å². The van der Waals surface area contributed by atoms with Crippen LogP contribution in [0.25, 0.3) is 0 Å². The number of rotatable bonds is 5. The highest BCUT2D eigenvalue weighted by atomic mass is 16.6. The lowest BCUT2D eigenvalue weighted by atomic mass is 9.71. The van der Waals surface area contributed by atoms with E-state index in [1.54, 1.807) is 4.90 Å². The Bertz CT molecular complexity index is 467. The van der Waals surface area contributed by atoms with Crippen molar-refractivity contribution in [1.82, 2.24) is 4.90 Å². The summed E-state index contributed by atoms with van der Waals surface area (Å²) in [6, 6.07) is 0.